The average molecular weight is 402 g/mol. The number of carbonyl (C=O) groups is 1. The minimum absolute atomic E-state index is 0.0291. The van der Waals surface area contributed by atoms with Crippen LogP contribution in [-0.2, 0) is 0 Å². The molecule has 2 aromatic heterocycles. The first-order valence-corrected chi connectivity index (χ1v) is 9.14. The van der Waals surface area contributed by atoms with E-state index in [2.05, 4.69) is 10.3 Å². The summed E-state index contributed by atoms with van der Waals surface area (Å²) in [5.41, 5.74) is 4.25. The number of nitrogens with zero attached hydrogens (tertiary/aromatic N) is 3. The van der Waals surface area contributed by atoms with Gasteiger partial charge >= 0.3 is 5.69 Å². The maximum absolute atomic E-state index is 12.6. The minimum Gasteiger partial charge on any atom is -0.490 e. The Bertz CT molecular complexity index is 1280. The number of carbonyl (C=O) groups excluding carboxylic acids is 1. The monoisotopic (exact) mass is 402 g/mol. The Kier molecular flexibility index (Phi) is 4.89. The quantitative estimate of drug-likeness (QED) is 0.392. The third-order valence-electron chi connectivity index (χ3n) is 4.65. The SMILES string of the molecule is COc1cc(C(=O)Nc2cccc(-c3cn4cc(C)ccc4n3)c2)ccc1[N+](=O)[O-]. The predicted molar refractivity (Wildman–Crippen MR) is 113 cm³/mol. The lowest BCUT2D eigenvalue weighted by atomic mass is 10.1. The van der Waals surface area contributed by atoms with Gasteiger partial charge < -0.3 is 14.5 Å². The van der Waals surface area contributed by atoms with Crippen molar-refractivity contribution in [2.75, 3.05) is 12.4 Å². The molecule has 150 valence electrons. The van der Waals surface area contributed by atoms with Gasteiger partial charge in [-0.25, -0.2) is 4.98 Å². The summed E-state index contributed by atoms with van der Waals surface area (Å²) in [4.78, 5) is 27.7. The van der Waals surface area contributed by atoms with Crippen LogP contribution in [0.15, 0.2) is 67.0 Å². The van der Waals surface area contributed by atoms with Crippen molar-refractivity contribution >= 4 is 22.9 Å². The molecule has 0 bridgehead atoms. The van der Waals surface area contributed by atoms with E-state index in [0.717, 1.165) is 22.5 Å². The molecule has 4 aromatic rings. The number of nitrogens with one attached hydrogen (secondary N) is 1. The Morgan fingerprint density at radius 1 is 1.13 bits per heavy atom. The number of imidazole rings is 1. The zero-order valence-corrected chi connectivity index (χ0v) is 16.3. The number of aryl methyl sites for hydroxylation is 1. The topological polar surface area (TPSA) is 98.8 Å². The van der Waals surface area contributed by atoms with Crippen LogP contribution in [0.25, 0.3) is 16.9 Å². The Balaban J connectivity index is 1.59. The van der Waals surface area contributed by atoms with Crippen LogP contribution < -0.4 is 10.1 Å². The predicted octanol–water partition coefficient (Wildman–Crippen LogP) is 4.48. The molecule has 0 unspecified atom stereocenters. The van der Waals surface area contributed by atoms with Crippen molar-refractivity contribution in [2.45, 2.75) is 6.92 Å². The van der Waals surface area contributed by atoms with Crippen LogP contribution in [0, 0.1) is 17.0 Å². The molecule has 0 aliphatic rings. The van der Waals surface area contributed by atoms with Gasteiger partial charge in [0.25, 0.3) is 5.91 Å². The molecule has 2 aromatic carbocycles. The van der Waals surface area contributed by atoms with Crippen LogP contribution >= 0.6 is 0 Å². The van der Waals surface area contributed by atoms with Gasteiger partial charge in [-0.2, -0.15) is 0 Å². The number of aromatic nitrogens is 2. The van der Waals surface area contributed by atoms with Gasteiger partial charge in [-0.05, 0) is 36.8 Å². The number of pyridine rings is 1. The third kappa shape index (κ3) is 3.70. The number of fused-ring (bicyclic) bond motifs is 1. The summed E-state index contributed by atoms with van der Waals surface area (Å²) in [5.74, 6) is -0.368. The van der Waals surface area contributed by atoms with Gasteiger partial charge in [0.2, 0.25) is 0 Å². The molecule has 0 fully saturated rings. The Hall–Kier alpha value is -4.20. The number of amides is 1. The second-order valence-electron chi connectivity index (χ2n) is 6.78. The van der Waals surface area contributed by atoms with Crippen LogP contribution in [0.2, 0.25) is 0 Å². The molecule has 4 rings (SSSR count). The highest BCUT2D eigenvalue weighted by Crippen LogP contribution is 2.28. The van der Waals surface area contributed by atoms with Gasteiger partial charge in [0.1, 0.15) is 5.65 Å². The van der Waals surface area contributed by atoms with Crippen molar-refractivity contribution < 1.29 is 14.5 Å². The standard InChI is InChI=1S/C22H18N4O4/c1-14-6-9-21-24-18(13-25(21)12-14)15-4-3-5-17(10-15)23-22(27)16-7-8-19(26(28)29)20(11-16)30-2/h3-13H,1-2H3,(H,23,27). The van der Waals surface area contributed by atoms with E-state index in [-0.39, 0.29) is 17.0 Å². The summed E-state index contributed by atoms with van der Waals surface area (Å²) < 4.78 is 6.99. The van der Waals surface area contributed by atoms with E-state index in [0.29, 0.717) is 5.69 Å². The molecular weight excluding hydrogens is 384 g/mol. The number of benzene rings is 2. The van der Waals surface area contributed by atoms with Gasteiger partial charge in [-0.1, -0.05) is 18.2 Å². The number of methoxy groups -OCH3 is 1. The van der Waals surface area contributed by atoms with E-state index in [9.17, 15) is 14.9 Å². The first kappa shape index (κ1) is 19.1. The zero-order chi connectivity index (χ0) is 21.3. The molecule has 8 heteroatoms. The number of rotatable bonds is 5. The fourth-order valence-corrected chi connectivity index (χ4v) is 3.17. The zero-order valence-electron chi connectivity index (χ0n) is 16.3. The fourth-order valence-electron chi connectivity index (χ4n) is 3.17. The van der Waals surface area contributed by atoms with Crippen molar-refractivity contribution in [3.05, 3.63) is 88.2 Å². The van der Waals surface area contributed by atoms with E-state index in [1.807, 2.05) is 54.0 Å². The van der Waals surface area contributed by atoms with Gasteiger partial charge in [-0.15, -0.1) is 0 Å². The van der Waals surface area contributed by atoms with Crippen LogP contribution in [0.3, 0.4) is 0 Å². The highest BCUT2D eigenvalue weighted by Gasteiger charge is 2.17. The second kappa shape index (κ2) is 7.67. The number of hydrogen-bond acceptors (Lipinski definition) is 5. The third-order valence-corrected chi connectivity index (χ3v) is 4.65. The van der Waals surface area contributed by atoms with Gasteiger partial charge in [0, 0.05) is 41.3 Å². The molecule has 0 spiro atoms. The molecule has 30 heavy (non-hydrogen) atoms. The summed E-state index contributed by atoms with van der Waals surface area (Å²) in [7, 11) is 1.32. The van der Waals surface area contributed by atoms with E-state index >= 15 is 0 Å². The molecule has 0 aliphatic carbocycles. The van der Waals surface area contributed by atoms with Crippen LogP contribution in [-0.4, -0.2) is 27.3 Å². The van der Waals surface area contributed by atoms with Gasteiger partial charge in [-0.3, -0.25) is 14.9 Å². The van der Waals surface area contributed by atoms with Crippen molar-refractivity contribution in [1.29, 1.82) is 0 Å². The number of nitro benzene ring substituents is 1. The van der Waals surface area contributed by atoms with Crippen molar-refractivity contribution in [3.8, 4) is 17.0 Å². The van der Waals surface area contributed by atoms with Gasteiger partial charge in [0.05, 0.1) is 17.7 Å². The van der Waals surface area contributed by atoms with E-state index in [1.54, 1.807) is 6.07 Å². The average Bonchev–Trinajstić information content (AvgIpc) is 3.16. The summed E-state index contributed by atoms with van der Waals surface area (Å²) in [6, 6.07) is 15.3. The highest BCUT2D eigenvalue weighted by molar-refractivity contribution is 6.05. The molecule has 1 N–H and O–H groups in total. The highest BCUT2D eigenvalue weighted by atomic mass is 16.6. The summed E-state index contributed by atoms with van der Waals surface area (Å²) in [5, 5.41) is 13.8. The molecule has 0 aliphatic heterocycles. The summed E-state index contributed by atoms with van der Waals surface area (Å²) in [6.07, 6.45) is 3.93. The first-order valence-electron chi connectivity index (χ1n) is 9.14. The van der Waals surface area contributed by atoms with Gasteiger partial charge in [0.15, 0.2) is 5.75 Å². The minimum atomic E-state index is -0.555. The number of nitro groups is 1. The summed E-state index contributed by atoms with van der Waals surface area (Å²) >= 11 is 0. The normalized spacial score (nSPS) is 10.7. The lowest BCUT2D eigenvalue weighted by Crippen LogP contribution is -2.12. The smallest absolute Gasteiger partial charge is 0.310 e. The lowest BCUT2D eigenvalue weighted by Gasteiger charge is -2.08. The maximum atomic E-state index is 12.6. The largest absolute Gasteiger partial charge is 0.490 e. The molecular formula is C22H18N4O4. The van der Waals surface area contributed by atoms with E-state index < -0.39 is 10.8 Å². The Morgan fingerprint density at radius 3 is 2.73 bits per heavy atom. The molecule has 8 nitrogen and oxygen atoms in total. The van der Waals surface area contributed by atoms with Crippen LogP contribution in [0.1, 0.15) is 15.9 Å². The number of hydrogen-bond donors (Lipinski definition) is 1. The first-order chi connectivity index (χ1) is 14.4. The van der Waals surface area contributed by atoms with Crippen LogP contribution in [0.5, 0.6) is 5.75 Å². The van der Waals surface area contributed by atoms with Crippen molar-refractivity contribution in [2.24, 2.45) is 0 Å². The molecule has 0 radical (unpaired) electrons. The van der Waals surface area contributed by atoms with Crippen molar-refractivity contribution in [1.82, 2.24) is 9.38 Å². The van der Waals surface area contributed by atoms with Crippen molar-refractivity contribution in [3.63, 3.8) is 0 Å². The maximum Gasteiger partial charge on any atom is 0.310 e. The Labute approximate surface area is 171 Å². The lowest BCUT2D eigenvalue weighted by molar-refractivity contribution is -0.385. The van der Waals surface area contributed by atoms with E-state index in [4.69, 9.17) is 4.74 Å². The Morgan fingerprint density at radius 2 is 1.97 bits per heavy atom. The number of ether oxygens (including phenoxy) is 1. The molecule has 0 atom stereocenters. The number of anilines is 1. The molecule has 0 saturated carbocycles. The second-order valence-corrected chi connectivity index (χ2v) is 6.78. The fraction of sp³-hybridized carbons (Fsp3) is 0.0909. The molecule has 0 saturated heterocycles. The van der Waals surface area contributed by atoms with Crippen LogP contribution in [0.4, 0.5) is 11.4 Å². The molecule has 1 amide bonds. The molecule has 2 heterocycles. The van der Waals surface area contributed by atoms with E-state index in [1.165, 1.54) is 25.3 Å². The summed E-state index contributed by atoms with van der Waals surface area (Å²) in [6.45, 7) is 2.02.